The van der Waals surface area contributed by atoms with Crippen molar-refractivity contribution in [2.45, 2.75) is 38.3 Å². The molecule has 0 saturated carbocycles. The lowest BCUT2D eigenvalue weighted by Gasteiger charge is -2.21. The minimum absolute atomic E-state index is 0.0117. The molecule has 1 aromatic carbocycles. The first-order valence-electron chi connectivity index (χ1n) is 8.81. The minimum Gasteiger partial charge on any atom is -0.507 e. The first-order valence-corrected chi connectivity index (χ1v) is 8.81. The number of benzene rings is 1. The molecule has 134 valence electrons. The normalized spacial score (nSPS) is 26.8. The van der Waals surface area contributed by atoms with Crippen molar-refractivity contribution in [1.82, 2.24) is 9.80 Å². The van der Waals surface area contributed by atoms with Crippen LogP contribution in [0.5, 0.6) is 5.75 Å². The van der Waals surface area contributed by atoms with E-state index in [1.807, 2.05) is 12.1 Å². The van der Waals surface area contributed by atoms with Gasteiger partial charge in [-0.1, -0.05) is 6.07 Å². The highest BCUT2D eigenvalue weighted by Gasteiger charge is 2.35. The Morgan fingerprint density at radius 1 is 1.44 bits per heavy atom. The molecule has 1 amide bonds. The van der Waals surface area contributed by atoms with Crippen LogP contribution in [0.25, 0.3) is 0 Å². The zero-order chi connectivity index (χ0) is 18.0. The molecule has 0 spiro atoms. The van der Waals surface area contributed by atoms with Crippen molar-refractivity contribution in [2.24, 2.45) is 5.92 Å². The van der Waals surface area contributed by atoms with Crippen molar-refractivity contribution >= 4 is 5.91 Å². The second-order valence-corrected chi connectivity index (χ2v) is 7.62. The van der Waals surface area contributed by atoms with E-state index in [-0.39, 0.29) is 11.7 Å². The largest absolute Gasteiger partial charge is 0.507 e. The molecule has 6 heteroatoms. The van der Waals surface area contributed by atoms with Gasteiger partial charge in [0.05, 0.1) is 11.2 Å². The van der Waals surface area contributed by atoms with Gasteiger partial charge in [0.2, 0.25) is 5.91 Å². The van der Waals surface area contributed by atoms with Crippen molar-refractivity contribution in [3.05, 3.63) is 29.3 Å². The van der Waals surface area contributed by atoms with E-state index in [1.165, 1.54) is 0 Å². The number of rotatable bonds is 4. The molecule has 2 atom stereocenters. The molecule has 2 saturated heterocycles. The van der Waals surface area contributed by atoms with Crippen molar-refractivity contribution in [2.75, 3.05) is 26.2 Å². The molecule has 0 radical (unpaired) electrons. The molecular weight excluding hydrogens is 318 g/mol. The quantitative estimate of drug-likeness (QED) is 0.864. The van der Waals surface area contributed by atoms with Crippen molar-refractivity contribution in [3.63, 3.8) is 0 Å². The summed E-state index contributed by atoms with van der Waals surface area (Å²) in [5, 5.41) is 28.6. The van der Waals surface area contributed by atoms with Crippen LogP contribution in [0.2, 0.25) is 0 Å². The Hall–Kier alpha value is -2.10. The molecule has 1 unspecified atom stereocenters. The monoisotopic (exact) mass is 343 g/mol. The number of nitriles is 1. The molecule has 0 aromatic heterocycles. The number of carbonyl (C=O) groups excluding carboxylic acids is 1. The fourth-order valence-corrected chi connectivity index (χ4v) is 3.79. The summed E-state index contributed by atoms with van der Waals surface area (Å²) >= 11 is 0. The highest BCUT2D eigenvalue weighted by molar-refractivity contribution is 5.77. The number of nitrogens with zero attached hydrogens (tertiary/aromatic N) is 3. The Labute approximate surface area is 148 Å². The fraction of sp³-hybridized carbons (Fsp3) is 0.579. The minimum atomic E-state index is -0.741. The van der Waals surface area contributed by atoms with Gasteiger partial charge in [-0.15, -0.1) is 0 Å². The predicted molar refractivity (Wildman–Crippen MR) is 92.6 cm³/mol. The highest BCUT2D eigenvalue weighted by atomic mass is 16.3. The predicted octanol–water partition coefficient (Wildman–Crippen LogP) is 1.46. The van der Waals surface area contributed by atoms with E-state index in [4.69, 9.17) is 5.26 Å². The highest BCUT2D eigenvalue weighted by Crippen LogP contribution is 2.26. The van der Waals surface area contributed by atoms with Gasteiger partial charge in [0.25, 0.3) is 0 Å². The van der Waals surface area contributed by atoms with Gasteiger partial charge in [0, 0.05) is 32.6 Å². The molecule has 0 aliphatic carbocycles. The van der Waals surface area contributed by atoms with Crippen molar-refractivity contribution in [1.29, 1.82) is 5.26 Å². The Balaban J connectivity index is 1.50. The second kappa shape index (κ2) is 7.03. The van der Waals surface area contributed by atoms with Gasteiger partial charge in [0.15, 0.2) is 0 Å². The fourth-order valence-electron chi connectivity index (χ4n) is 3.79. The van der Waals surface area contributed by atoms with Gasteiger partial charge >= 0.3 is 0 Å². The molecule has 1 aromatic rings. The van der Waals surface area contributed by atoms with Crippen LogP contribution in [0.4, 0.5) is 0 Å². The topological polar surface area (TPSA) is 87.8 Å². The first kappa shape index (κ1) is 17.7. The summed E-state index contributed by atoms with van der Waals surface area (Å²) in [4.78, 5) is 16.5. The average Bonchev–Trinajstić information content (AvgIpc) is 3.15. The van der Waals surface area contributed by atoms with E-state index in [1.54, 1.807) is 24.0 Å². The van der Waals surface area contributed by atoms with Crippen LogP contribution in [-0.4, -0.2) is 57.7 Å². The summed E-state index contributed by atoms with van der Waals surface area (Å²) in [6, 6.07) is 7.11. The average molecular weight is 343 g/mol. The molecule has 6 nitrogen and oxygen atoms in total. The second-order valence-electron chi connectivity index (χ2n) is 7.62. The van der Waals surface area contributed by atoms with Crippen LogP contribution in [0.3, 0.4) is 0 Å². The first-order chi connectivity index (χ1) is 11.9. The number of hydrogen-bond acceptors (Lipinski definition) is 5. The number of carbonyl (C=O) groups is 1. The Morgan fingerprint density at radius 2 is 2.24 bits per heavy atom. The number of likely N-dealkylation sites (tertiary alicyclic amines) is 2. The van der Waals surface area contributed by atoms with Gasteiger partial charge < -0.3 is 15.1 Å². The summed E-state index contributed by atoms with van der Waals surface area (Å²) in [5.74, 6) is 0.490. The van der Waals surface area contributed by atoms with Crippen LogP contribution in [0, 0.1) is 17.2 Å². The van der Waals surface area contributed by atoms with Gasteiger partial charge in [0.1, 0.15) is 11.8 Å². The third kappa shape index (κ3) is 4.30. The molecular formula is C19H25N3O3. The zero-order valence-electron chi connectivity index (χ0n) is 14.6. The maximum Gasteiger partial charge on any atom is 0.222 e. The number of aliphatic hydroxyl groups is 1. The maximum absolute atomic E-state index is 12.4. The molecule has 0 bridgehead atoms. The Bertz CT molecular complexity index is 696. The third-order valence-corrected chi connectivity index (χ3v) is 5.23. The van der Waals surface area contributed by atoms with E-state index >= 15 is 0 Å². The van der Waals surface area contributed by atoms with E-state index in [0.717, 1.165) is 31.6 Å². The zero-order valence-corrected chi connectivity index (χ0v) is 14.6. The van der Waals surface area contributed by atoms with Gasteiger partial charge in [-0.05, 0) is 49.9 Å². The van der Waals surface area contributed by atoms with Crippen LogP contribution in [0.15, 0.2) is 18.2 Å². The Kier molecular flexibility index (Phi) is 4.98. The van der Waals surface area contributed by atoms with Gasteiger partial charge in [-0.2, -0.15) is 5.26 Å². The van der Waals surface area contributed by atoms with E-state index < -0.39 is 5.60 Å². The SMILES string of the molecule is CC1(O)CCN(C(=O)C[C@@H]2CCN(Cc3ccc(O)c(C#N)c3)C2)C1. The smallest absolute Gasteiger partial charge is 0.222 e. The lowest BCUT2D eigenvalue weighted by molar-refractivity contribution is -0.132. The van der Waals surface area contributed by atoms with Crippen LogP contribution in [-0.2, 0) is 11.3 Å². The number of phenols is 1. The third-order valence-electron chi connectivity index (χ3n) is 5.23. The van der Waals surface area contributed by atoms with Crippen molar-refractivity contribution < 1.29 is 15.0 Å². The number of β-amino-alcohol motifs (C(OH)–C–C–N with tert-alkyl or cyclic N) is 1. The molecule has 2 aliphatic rings. The summed E-state index contributed by atoms with van der Waals surface area (Å²) < 4.78 is 0. The van der Waals surface area contributed by atoms with E-state index in [0.29, 0.717) is 37.4 Å². The lowest BCUT2D eigenvalue weighted by atomic mass is 10.0. The molecule has 3 rings (SSSR count). The summed E-state index contributed by atoms with van der Waals surface area (Å²) in [6.45, 7) is 5.37. The molecule has 2 aliphatic heterocycles. The van der Waals surface area contributed by atoms with Crippen LogP contribution < -0.4 is 0 Å². The van der Waals surface area contributed by atoms with Crippen molar-refractivity contribution in [3.8, 4) is 11.8 Å². The molecule has 2 fully saturated rings. The summed E-state index contributed by atoms with van der Waals surface area (Å²) in [6.07, 6.45) is 2.17. The van der Waals surface area contributed by atoms with Crippen LogP contribution in [0.1, 0.15) is 37.3 Å². The lowest BCUT2D eigenvalue weighted by Crippen LogP contribution is -2.35. The van der Waals surface area contributed by atoms with Gasteiger partial charge in [-0.3, -0.25) is 9.69 Å². The number of aromatic hydroxyl groups is 1. The number of hydrogen-bond donors (Lipinski definition) is 2. The number of amides is 1. The molecule has 25 heavy (non-hydrogen) atoms. The summed E-state index contributed by atoms with van der Waals surface area (Å²) in [7, 11) is 0. The standard InChI is InChI=1S/C19H25N3O3/c1-19(25)5-7-22(13-19)18(24)9-15-4-6-21(12-15)11-14-2-3-17(23)16(8-14)10-20/h2-3,8,15,23,25H,4-7,9,11-13H2,1H3/t15-,19?/m0/s1. The van der Waals surface area contributed by atoms with Gasteiger partial charge in [-0.25, -0.2) is 0 Å². The number of phenolic OH excluding ortho intramolecular Hbond substituents is 1. The molecule has 2 heterocycles. The molecule has 2 N–H and O–H groups in total. The maximum atomic E-state index is 12.4. The van der Waals surface area contributed by atoms with Crippen LogP contribution >= 0.6 is 0 Å². The Morgan fingerprint density at radius 3 is 2.92 bits per heavy atom. The summed E-state index contributed by atoms with van der Waals surface area (Å²) in [5.41, 5.74) is 0.552. The van der Waals surface area contributed by atoms with E-state index in [9.17, 15) is 15.0 Å². The van der Waals surface area contributed by atoms with E-state index in [2.05, 4.69) is 4.90 Å².